The largest absolute Gasteiger partial charge is 0.490 e. The van der Waals surface area contributed by atoms with Gasteiger partial charge in [-0.15, -0.1) is 0 Å². The molecule has 0 aromatic heterocycles. The van der Waals surface area contributed by atoms with Crippen LogP contribution in [0.15, 0.2) is 18.2 Å². The predicted molar refractivity (Wildman–Crippen MR) is 83.9 cm³/mol. The van der Waals surface area contributed by atoms with Crippen LogP contribution in [-0.4, -0.2) is 44.8 Å². The summed E-state index contributed by atoms with van der Waals surface area (Å²) in [6.07, 6.45) is 3.50. The minimum absolute atomic E-state index is 0.107. The molecule has 1 atom stereocenters. The van der Waals surface area contributed by atoms with E-state index < -0.39 is 0 Å². The highest BCUT2D eigenvalue weighted by Gasteiger charge is 2.10. The van der Waals surface area contributed by atoms with Crippen LogP contribution < -0.4 is 10.1 Å². The van der Waals surface area contributed by atoms with Crippen LogP contribution in [0.2, 0.25) is 5.02 Å². The zero-order valence-electron chi connectivity index (χ0n) is 11.7. The molecule has 0 aliphatic carbocycles. The Kier molecular flexibility index (Phi) is 8.49. The maximum Gasteiger partial charge on any atom is 0.207 e. The second-order valence-electron chi connectivity index (χ2n) is 4.25. The molecule has 0 aliphatic heterocycles. The zero-order chi connectivity index (χ0) is 14.8. The Morgan fingerprint density at radius 3 is 2.90 bits per heavy atom. The SMILES string of the molecule is COCCOc1cc(CC(CSC)NC=O)ccc1Cl. The quantitative estimate of drug-likeness (QED) is 0.532. The number of carbonyl (C=O) groups excluding carboxylic acids is 1. The molecule has 20 heavy (non-hydrogen) atoms. The first-order valence-corrected chi connectivity index (χ1v) is 8.07. The van der Waals surface area contributed by atoms with Crippen molar-refractivity contribution in [2.75, 3.05) is 32.3 Å². The van der Waals surface area contributed by atoms with Crippen LogP contribution in [-0.2, 0) is 16.0 Å². The van der Waals surface area contributed by atoms with Gasteiger partial charge in [-0.05, 0) is 30.4 Å². The van der Waals surface area contributed by atoms with Crippen molar-refractivity contribution in [2.45, 2.75) is 12.5 Å². The van der Waals surface area contributed by atoms with Gasteiger partial charge in [0.1, 0.15) is 12.4 Å². The van der Waals surface area contributed by atoms with Gasteiger partial charge in [-0.25, -0.2) is 0 Å². The summed E-state index contributed by atoms with van der Waals surface area (Å²) in [5.41, 5.74) is 1.08. The number of hydrogen-bond donors (Lipinski definition) is 1. The fraction of sp³-hybridized carbons (Fsp3) is 0.500. The molecule has 0 bridgehead atoms. The molecule has 4 nitrogen and oxygen atoms in total. The van der Waals surface area contributed by atoms with E-state index in [1.165, 1.54) is 0 Å². The van der Waals surface area contributed by atoms with Crippen molar-refractivity contribution in [3.8, 4) is 5.75 Å². The third-order valence-electron chi connectivity index (χ3n) is 2.69. The lowest BCUT2D eigenvalue weighted by Crippen LogP contribution is -2.32. The van der Waals surface area contributed by atoms with Gasteiger partial charge >= 0.3 is 0 Å². The van der Waals surface area contributed by atoms with Crippen LogP contribution in [0.25, 0.3) is 0 Å². The van der Waals surface area contributed by atoms with Crippen molar-refractivity contribution in [1.29, 1.82) is 0 Å². The van der Waals surface area contributed by atoms with Gasteiger partial charge in [0.15, 0.2) is 0 Å². The Hall–Kier alpha value is -0.910. The van der Waals surface area contributed by atoms with Crippen molar-refractivity contribution in [3.63, 3.8) is 0 Å². The standard InChI is InChI=1S/C14H20ClNO3S/c1-18-5-6-19-14-8-11(3-4-13(14)15)7-12(9-20-2)16-10-17/h3-4,8,10,12H,5-7,9H2,1-2H3,(H,16,17). The molecule has 1 rings (SSSR count). The maximum atomic E-state index is 10.6. The average molecular weight is 318 g/mol. The maximum absolute atomic E-state index is 10.6. The summed E-state index contributed by atoms with van der Waals surface area (Å²) < 4.78 is 10.5. The smallest absolute Gasteiger partial charge is 0.207 e. The van der Waals surface area contributed by atoms with Gasteiger partial charge in [0.25, 0.3) is 0 Å². The molecule has 6 heteroatoms. The lowest BCUT2D eigenvalue weighted by molar-refractivity contribution is -0.110. The van der Waals surface area contributed by atoms with E-state index in [1.807, 2.05) is 24.5 Å². The minimum atomic E-state index is 0.107. The lowest BCUT2D eigenvalue weighted by atomic mass is 10.1. The van der Waals surface area contributed by atoms with Gasteiger partial charge in [0, 0.05) is 18.9 Å². The fourth-order valence-electron chi connectivity index (χ4n) is 1.77. The first kappa shape index (κ1) is 17.1. The summed E-state index contributed by atoms with van der Waals surface area (Å²) in [7, 11) is 1.62. The molecular weight excluding hydrogens is 298 g/mol. The zero-order valence-corrected chi connectivity index (χ0v) is 13.3. The average Bonchev–Trinajstić information content (AvgIpc) is 2.43. The van der Waals surface area contributed by atoms with E-state index >= 15 is 0 Å². The van der Waals surface area contributed by atoms with Crippen molar-refractivity contribution >= 4 is 29.8 Å². The Morgan fingerprint density at radius 2 is 2.25 bits per heavy atom. The summed E-state index contributed by atoms with van der Waals surface area (Å²) >= 11 is 7.79. The van der Waals surface area contributed by atoms with Gasteiger partial charge in [-0.2, -0.15) is 11.8 Å². The van der Waals surface area contributed by atoms with Crippen molar-refractivity contribution in [2.24, 2.45) is 0 Å². The Bertz CT molecular complexity index is 417. The molecule has 0 saturated carbocycles. The first-order valence-electron chi connectivity index (χ1n) is 6.30. The van der Waals surface area contributed by atoms with Crippen LogP contribution in [0.1, 0.15) is 5.56 Å². The molecule has 0 radical (unpaired) electrons. The van der Waals surface area contributed by atoms with E-state index in [-0.39, 0.29) is 6.04 Å². The van der Waals surface area contributed by atoms with Gasteiger partial charge in [-0.1, -0.05) is 17.7 Å². The molecule has 0 aliphatic rings. The lowest BCUT2D eigenvalue weighted by Gasteiger charge is -2.16. The number of amides is 1. The van der Waals surface area contributed by atoms with Gasteiger partial charge in [0.2, 0.25) is 6.41 Å². The van der Waals surface area contributed by atoms with Crippen molar-refractivity contribution in [3.05, 3.63) is 28.8 Å². The summed E-state index contributed by atoms with van der Waals surface area (Å²) in [5.74, 6) is 1.51. The van der Waals surface area contributed by atoms with Crippen LogP contribution in [0, 0.1) is 0 Å². The highest BCUT2D eigenvalue weighted by Crippen LogP contribution is 2.26. The van der Waals surface area contributed by atoms with E-state index in [0.717, 1.165) is 24.1 Å². The summed E-state index contributed by atoms with van der Waals surface area (Å²) in [6.45, 7) is 0.975. The molecule has 1 unspecified atom stereocenters. The molecule has 0 saturated heterocycles. The second-order valence-corrected chi connectivity index (χ2v) is 5.56. The number of rotatable bonds is 10. The van der Waals surface area contributed by atoms with Crippen LogP contribution in [0.3, 0.4) is 0 Å². The summed E-state index contributed by atoms with van der Waals surface area (Å²) in [4.78, 5) is 10.6. The van der Waals surface area contributed by atoms with E-state index in [9.17, 15) is 4.79 Å². The van der Waals surface area contributed by atoms with Crippen molar-refractivity contribution in [1.82, 2.24) is 5.32 Å². The van der Waals surface area contributed by atoms with Gasteiger partial charge in [0.05, 0.1) is 11.6 Å². The number of benzene rings is 1. The summed E-state index contributed by atoms with van der Waals surface area (Å²) in [5, 5.41) is 3.40. The minimum Gasteiger partial charge on any atom is -0.490 e. The monoisotopic (exact) mass is 317 g/mol. The second kappa shape index (κ2) is 9.91. The number of halogens is 1. The molecule has 1 N–H and O–H groups in total. The van der Waals surface area contributed by atoms with Crippen molar-refractivity contribution < 1.29 is 14.3 Å². The molecule has 1 aromatic carbocycles. The van der Waals surface area contributed by atoms with Gasteiger partial charge < -0.3 is 14.8 Å². The topological polar surface area (TPSA) is 47.6 Å². The molecule has 112 valence electrons. The Morgan fingerprint density at radius 1 is 1.45 bits per heavy atom. The molecule has 0 spiro atoms. The van der Waals surface area contributed by atoms with E-state index in [0.29, 0.717) is 24.0 Å². The van der Waals surface area contributed by atoms with Crippen LogP contribution in [0.4, 0.5) is 0 Å². The molecule has 1 aromatic rings. The molecule has 1 amide bonds. The Labute approximate surface area is 129 Å². The third-order valence-corrected chi connectivity index (χ3v) is 3.74. The first-order chi connectivity index (χ1) is 9.71. The number of ether oxygens (including phenoxy) is 2. The highest BCUT2D eigenvalue weighted by atomic mass is 35.5. The fourth-order valence-corrected chi connectivity index (χ4v) is 2.56. The highest BCUT2D eigenvalue weighted by molar-refractivity contribution is 7.98. The number of nitrogens with one attached hydrogen (secondary N) is 1. The normalized spacial score (nSPS) is 11.9. The predicted octanol–water partition coefficient (Wildman–Crippen LogP) is 2.39. The number of hydrogen-bond acceptors (Lipinski definition) is 4. The number of thioether (sulfide) groups is 1. The number of methoxy groups -OCH3 is 1. The summed E-state index contributed by atoms with van der Waals surface area (Å²) in [6, 6.07) is 5.79. The van der Waals surface area contributed by atoms with Crippen LogP contribution in [0.5, 0.6) is 5.75 Å². The van der Waals surface area contributed by atoms with Crippen LogP contribution >= 0.6 is 23.4 Å². The molecule has 0 heterocycles. The van der Waals surface area contributed by atoms with E-state index in [2.05, 4.69) is 5.32 Å². The molecular formula is C14H20ClNO3S. The Balaban J connectivity index is 2.69. The van der Waals surface area contributed by atoms with E-state index in [1.54, 1.807) is 18.9 Å². The van der Waals surface area contributed by atoms with E-state index in [4.69, 9.17) is 21.1 Å². The van der Waals surface area contributed by atoms with Gasteiger partial charge in [-0.3, -0.25) is 4.79 Å². The third kappa shape index (κ3) is 6.03. The molecule has 0 fully saturated rings. The number of carbonyl (C=O) groups is 1.